The molecule has 1 aliphatic rings. The zero-order chi connectivity index (χ0) is 15.2. The van der Waals surface area contributed by atoms with Crippen molar-refractivity contribution in [1.29, 1.82) is 0 Å². The standard InChI is InChI=1S/C17H25NO3/c1-18(12-14-9-5-6-10-15(14)19)17(21)11-16(20)13-7-3-2-4-8-13/h2-4,7-8,14-16,19-20H,5-6,9-12H2,1H3. The number of aliphatic hydroxyl groups excluding tert-OH is 2. The minimum atomic E-state index is -0.766. The number of nitrogens with zero attached hydrogens (tertiary/aromatic N) is 1. The van der Waals surface area contributed by atoms with E-state index in [0.29, 0.717) is 6.54 Å². The van der Waals surface area contributed by atoms with Gasteiger partial charge in [0.1, 0.15) is 0 Å². The molecule has 4 nitrogen and oxygen atoms in total. The van der Waals surface area contributed by atoms with Crippen molar-refractivity contribution in [1.82, 2.24) is 4.90 Å². The normalized spacial score (nSPS) is 23.6. The maximum Gasteiger partial charge on any atom is 0.225 e. The number of aliphatic hydroxyl groups is 2. The van der Waals surface area contributed by atoms with Crippen LogP contribution in [0.25, 0.3) is 0 Å². The molecule has 21 heavy (non-hydrogen) atoms. The first-order valence-corrected chi connectivity index (χ1v) is 7.73. The van der Waals surface area contributed by atoms with Crippen molar-refractivity contribution in [3.05, 3.63) is 35.9 Å². The quantitative estimate of drug-likeness (QED) is 0.873. The molecule has 1 aromatic rings. The Bertz CT molecular complexity index is 449. The van der Waals surface area contributed by atoms with Crippen LogP contribution in [0.3, 0.4) is 0 Å². The molecule has 1 aliphatic carbocycles. The van der Waals surface area contributed by atoms with E-state index < -0.39 is 6.10 Å². The molecular weight excluding hydrogens is 266 g/mol. The zero-order valence-electron chi connectivity index (χ0n) is 12.6. The van der Waals surface area contributed by atoms with E-state index >= 15 is 0 Å². The van der Waals surface area contributed by atoms with Crippen molar-refractivity contribution >= 4 is 5.91 Å². The molecule has 0 heterocycles. The second-order valence-corrected chi connectivity index (χ2v) is 6.02. The van der Waals surface area contributed by atoms with Crippen molar-refractivity contribution in [2.45, 2.75) is 44.3 Å². The van der Waals surface area contributed by atoms with Gasteiger partial charge in [0.15, 0.2) is 0 Å². The van der Waals surface area contributed by atoms with Gasteiger partial charge in [-0.25, -0.2) is 0 Å². The third-order valence-electron chi connectivity index (χ3n) is 4.36. The Morgan fingerprint density at radius 2 is 1.95 bits per heavy atom. The number of rotatable bonds is 5. The van der Waals surface area contributed by atoms with E-state index in [1.54, 1.807) is 11.9 Å². The maximum atomic E-state index is 12.2. The van der Waals surface area contributed by atoms with Gasteiger partial charge in [0.05, 0.1) is 18.6 Å². The molecule has 1 saturated carbocycles. The minimum Gasteiger partial charge on any atom is -0.393 e. The molecule has 0 saturated heterocycles. The number of hydrogen-bond donors (Lipinski definition) is 2. The van der Waals surface area contributed by atoms with E-state index in [0.717, 1.165) is 31.2 Å². The van der Waals surface area contributed by atoms with Gasteiger partial charge >= 0.3 is 0 Å². The van der Waals surface area contributed by atoms with Crippen molar-refractivity contribution in [3.63, 3.8) is 0 Å². The Balaban J connectivity index is 1.84. The second-order valence-electron chi connectivity index (χ2n) is 6.02. The van der Waals surface area contributed by atoms with Gasteiger partial charge in [-0.1, -0.05) is 43.2 Å². The third-order valence-corrected chi connectivity index (χ3v) is 4.36. The summed E-state index contributed by atoms with van der Waals surface area (Å²) in [4.78, 5) is 13.8. The summed E-state index contributed by atoms with van der Waals surface area (Å²) in [5.41, 5.74) is 0.761. The molecule has 1 fully saturated rings. The number of amides is 1. The molecule has 0 aliphatic heterocycles. The maximum absolute atomic E-state index is 12.2. The zero-order valence-corrected chi connectivity index (χ0v) is 12.6. The highest BCUT2D eigenvalue weighted by molar-refractivity contribution is 5.76. The van der Waals surface area contributed by atoms with Gasteiger partial charge < -0.3 is 15.1 Å². The first-order chi connectivity index (χ1) is 10.1. The summed E-state index contributed by atoms with van der Waals surface area (Å²) < 4.78 is 0. The van der Waals surface area contributed by atoms with Gasteiger partial charge in [-0.2, -0.15) is 0 Å². The monoisotopic (exact) mass is 291 g/mol. The van der Waals surface area contributed by atoms with E-state index in [2.05, 4.69) is 0 Å². The molecule has 2 rings (SSSR count). The summed E-state index contributed by atoms with van der Waals surface area (Å²) in [5, 5.41) is 20.1. The van der Waals surface area contributed by atoms with Crippen molar-refractivity contribution in [3.8, 4) is 0 Å². The van der Waals surface area contributed by atoms with Gasteiger partial charge in [0.2, 0.25) is 5.91 Å². The Labute approximate surface area is 126 Å². The van der Waals surface area contributed by atoms with Crippen LogP contribution in [0.4, 0.5) is 0 Å². The van der Waals surface area contributed by atoms with Crippen LogP contribution in [0.15, 0.2) is 30.3 Å². The smallest absolute Gasteiger partial charge is 0.225 e. The lowest BCUT2D eigenvalue weighted by molar-refractivity contribution is -0.133. The van der Waals surface area contributed by atoms with Crippen LogP contribution < -0.4 is 0 Å². The molecule has 0 radical (unpaired) electrons. The first kappa shape index (κ1) is 16.0. The van der Waals surface area contributed by atoms with E-state index in [1.807, 2.05) is 30.3 Å². The molecule has 0 aromatic heterocycles. The Kier molecular flexibility index (Phi) is 5.76. The number of hydrogen-bond acceptors (Lipinski definition) is 3. The lowest BCUT2D eigenvalue weighted by Gasteiger charge is -2.31. The van der Waals surface area contributed by atoms with Gasteiger partial charge in [-0.3, -0.25) is 4.79 Å². The molecule has 3 atom stereocenters. The van der Waals surface area contributed by atoms with Crippen molar-refractivity contribution in [2.75, 3.05) is 13.6 Å². The number of benzene rings is 1. The molecule has 0 spiro atoms. The summed E-state index contributed by atoms with van der Waals surface area (Å²) in [5.74, 6) is 0.0886. The van der Waals surface area contributed by atoms with Crippen LogP contribution in [-0.4, -0.2) is 40.7 Å². The fourth-order valence-corrected chi connectivity index (χ4v) is 2.97. The molecule has 1 amide bonds. The predicted molar refractivity (Wildman–Crippen MR) is 81.6 cm³/mol. The van der Waals surface area contributed by atoms with Gasteiger partial charge in [0, 0.05) is 19.5 Å². The van der Waals surface area contributed by atoms with Crippen LogP contribution in [-0.2, 0) is 4.79 Å². The van der Waals surface area contributed by atoms with Crippen LogP contribution in [0.2, 0.25) is 0 Å². The summed E-state index contributed by atoms with van der Waals surface area (Å²) in [6, 6.07) is 9.23. The highest BCUT2D eigenvalue weighted by Gasteiger charge is 2.26. The van der Waals surface area contributed by atoms with Crippen LogP contribution in [0.5, 0.6) is 0 Å². The molecule has 0 bridgehead atoms. The van der Waals surface area contributed by atoms with Gasteiger partial charge in [-0.15, -0.1) is 0 Å². The fraction of sp³-hybridized carbons (Fsp3) is 0.588. The topological polar surface area (TPSA) is 60.8 Å². The first-order valence-electron chi connectivity index (χ1n) is 7.73. The third kappa shape index (κ3) is 4.55. The second kappa shape index (κ2) is 7.57. The summed E-state index contributed by atoms with van der Waals surface area (Å²) in [6.07, 6.45) is 3.02. The molecular formula is C17H25NO3. The molecule has 116 valence electrons. The Hall–Kier alpha value is -1.39. The molecule has 2 N–H and O–H groups in total. The van der Waals surface area contributed by atoms with Crippen molar-refractivity contribution < 1.29 is 15.0 Å². The number of carbonyl (C=O) groups excluding carboxylic acids is 1. The highest BCUT2D eigenvalue weighted by atomic mass is 16.3. The minimum absolute atomic E-state index is 0.0795. The van der Waals surface area contributed by atoms with E-state index in [9.17, 15) is 15.0 Å². The SMILES string of the molecule is CN(CC1CCCCC1O)C(=O)CC(O)c1ccccc1. The van der Waals surface area contributed by atoms with E-state index in [-0.39, 0.29) is 24.3 Å². The van der Waals surface area contributed by atoms with Gasteiger partial charge in [0.25, 0.3) is 0 Å². The summed E-state index contributed by atoms with van der Waals surface area (Å²) in [7, 11) is 1.75. The lowest BCUT2D eigenvalue weighted by atomic mass is 9.86. The molecule has 4 heteroatoms. The van der Waals surface area contributed by atoms with Crippen molar-refractivity contribution in [2.24, 2.45) is 5.92 Å². The lowest BCUT2D eigenvalue weighted by Crippen LogP contribution is -2.38. The predicted octanol–water partition coefficient (Wildman–Crippen LogP) is 2.12. The number of carbonyl (C=O) groups is 1. The largest absolute Gasteiger partial charge is 0.393 e. The van der Waals surface area contributed by atoms with Crippen LogP contribution in [0, 0.1) is 5.92 Å². The van der Waals surface area contributed by atoms with Crippen LogP contribution >= 0.6 is 0 Å². The highest BCUT2D eigenvalue weighted by Crippen LogP contribution is 2.25. The average Bonchev–Trinajstić information content (AvgIpc) is 2.50. The summed E-state index contributed by atoms with van der Waals surface area (Å²) >= 11 is 0. The Morgan fingerprint density at radius 1 is 1.29 bits per heavy atom. The van der Waals surface area contributed by atoms with E-state index in [1.165, 1.54) is 0 Å². The average molecular weight is 291 g/mol. The molecule has 1 aromatic carbocycles. The van der Waals surface area contributed by atoms with Crippen LogP contribution in [0.1, 0.15) is 43.8 Å². The molecule has 3 unspecified atom stereocenters. The fourth-order valence-electron chi connectivity index (χ4n) is 2.97. The Morgan fingerprint density at radius 3 is 2.62 bits per heavy atom. The summed E-state index contributed by atoms with van der Waals surface area (Å²) in [6.45, 7) is 0.571. The van der Waals surface area contributed by atoms with Gasteiger partial charge in [-0.05, 0) is 18.4 Å². The van der Waals surface area contributed by atoms with E-state index in [4.69, 9.17) is 0 Å².